The van der Waals surface area contributed by atoms with E-state index in [1.807, 2.05) is 36.4 Å². The SMILES string of the molecule is Fc1ccccc1-c1ccc2n1CCc1c-2n(Cc2ccc(C(F)(F)F)cc2)c2ccccc12. The second-order valence-electron chi connectivity index (χ2n) is 8.61. The summed E-state index contributed by atoms with van der Waals surface area (Å²) in [5, 5.41) is 1.14. The Morgan fingerprint density at radius 3 is 2.24 bits per heavy atom. The van der Waals surface area contributed by atoms with Gasteiger partial charge in [0.15, 0.2) is 0 Å². The van der Waals surface area contributed by atoms with E-state index >= 15 is 0 Å². The Morgan fingerprint density at radius 1 is 0.765 bits per heavy atom. The van der Waals surface area contributed by atoms with E-state index in [-0.39, 0.29) is 5.82 Å². The van der Waals surface area contributed by atoms with Gasteiger partial charge in [-0.1, -0.05) is 42.5 Å². The number of para-hydroxylation sites is 1. The molecular weight excluding hydrogens is 440 g/mol. The standard InChI is InChI=1S/C28H20F4N2/c29-23-7-3-1-6-22(23)25-13-14-26-27-21(15-16-33(25)26)20-5-2-4-8-24(20)34(27)17-18-9-11-19(12-10-18)28(30,31)32/h1-14H,15-17H2. The number of hydrogen-bond acceptors (Lipinski definition) is 0. The van der Waals surface area contributed by atoms with Crippen LogP contribution in [0.2, 0.25) is 0 Å². The molecule has 2 aromatic heterocycles. The van der Waals surface area contributed by atoms with E-state index in [2.05, 4.69) is 15.2 Å². The average molecular weight is 460 g/mol. The minimum absolute atomic E-state index is 0.264. The van der Waals surface area contributed by atoms with Gasteiger partial charge in [-0.25, -0.2) is 4.39 Å². The molecule has 1 aliphatic heterocycles. The van der Waals surface area contributed by atoms with Crippen LogP contribution in [-0.4, -0.2) is 9.13 Å². The van der Waals surface area contributed by atoms with E-state index in [1.165, 1.54) is 23.8 Å². The summed E-state index contributed by atoms with van der Waals surface area (Å²) in [5.41, 5.74) is 5.79. The third-order valence-electron chi connectivity index (χ3n) is 6.66. The lowest BCUT2D eigenvalue weighted by atomic mass is 10.0. The summed E-state index contributed by atoms with van der Waals surface area (Å²) in [6.45, 7) is 1.17. The number of benzene rings is 3. The molecule has 0 fully saturated rings. The summed E-state index contributed by atoms with van der Waals surface area (Å²) < 4.78 is 58.0. The summed E-state index contributed by atoms with van der Waals surface area (Å²) in [6, 6.07) is 24.2. The van der Waals surface area contributed by atoms with E-state index < -0.39 is 11.7 Å². The predicted octanol–water partition coefficient (Wildman–Crippen LogP) is 7.54. The normalized spacial score (nSPS) is 13.2. The summed E-state index contributed by atoms with van der Waals surface area (Å²) in [7, 11) is 0. The van der Waals surface area contributed by atoms with Crippen molar-refractivity contribution in [2.24, 2.45) is 0 Å². The van der Waals surface area contributed by atoms with Crippen molar-refractivity contribution in [3.8, 4) is 22.6 Å². The van der Waals surface area contributed by atoms with Gasteiger partial charge in [-0.3, -0.25) is 0 Å². The van der Waals surface area contributed by atoms with Crippen LogP contribution < -0.4 is 0 Å². The highest BCUT2D eigenvalue weighted by Gasteiger charge is 2.30. The van der Waals surface area contributed by atoms with Crippen molar-refractivity contribution >= 4 is 10.9 Å². The number of rotatable bonds is 3. The molecule has 0 bridgehead atoms. The van der Waals surface area contributed by atoms with Crippen molar-refractivity contribution in [2.75, 3.05) is 0 Å². The quantitative estimate of drug-likeness (QED) is 0.246. The molecule has 0 saturated carbocycles. The van der Waals surface area contributed by atoms with Gasteiger partial charge in [0.2, 0.25) is 0 Å². The zero-order chi connectivity index (χ0) is 23.4. The first-order chi connectivity index (χ1) is 16.4. The van der Waals surface area contributed by atoms with E-state index in [4.69, 9.17) is 0 Å². The van der Waals surface area contributed by atoms with Crippen molar-refractivity contribution in [3.05, 3.63) is 107 Å². The Bertz CT molecular complexity index is 1520. The number of nitrogens with zero attached hydrogens (tertiary/aromatic N) is 2. The highest BCUT2D eigenvalue weighted by molar-refractivity contribution is 5.92. The summed E-state index contributed by atoms with van der Waals surface area (Å²) in [5.74, 6) is -0.264. The molecule has 2 nitrogen and oxygen atoms in total. The molecule has 6 rings (SSSR count). The Kier molecular flexibility index (Phi) is 4.66. The minimum atomic E-state index is -4.36. The van der Waals surface area contributed by atoms with Crippen LogP contribution in [0.3, 0.4) is 0 Å². The fourth-order valence-electron chi connectivity index (χ4n) is 5.11. The lowest BCUT2D eigenvalue weighted by Gasteiger charge is -2.22. The minimum Gasteiger partial charge on any atom is -0.339 e. The zero-order valence-corrected chi connectivity index (χ0v) is 18.1. The molecule has 5 aromatic rings. The van der Waals surface area contributed by atoms with Crippen LogP contribution in [0.5, 0.6) is 0 Å². The number of halogens is 4. The van der Waals surface area contributed by atoms with Gasteiger partial charge in [-0.05, 0) is 60.0 Å². The molecule has 0 aliphatic carbocycles. The fourth-order valence-corrected chi connectivity index (χ4v) is 5.11. The Labute approximate surface area is 193 Å². The van der Waals surface area contributed by atoms with Gasteiger partial charge in [0.1, 0.15) is 5.82 Å². The molecule has 0 spiro atoms. The molecule has 0 radical (unpaired) electrons. The largest absolute Gasteiger partial charge is 0.416 e. The lowest BCUT2D eigenvalue weighted by Crippen LogP contribution is -2.14. The van der Waals surface area contributed by atoms with Crippen LogP contribution in [0.4, 0.5) is 17.6 Å². The molecule has 1 aliphatic rings. The maximum atomic E-state index is 14.6. The van der Waals surface area contributed by atoms with Gasteiger partial charge >= 0.3 is 6.18 Å². The monoisotopic (exact) mass is 460 g/mol. The first-order valence-electron chi connectivity index (χ1n) is 11.1. The Balaban J connectivity index is 1.50. The average Bonchev–Trinajstić information content (AvgIpc) is 3.39. The van der Waals surface area contributed by atoms with Crippen LogP contribution in [0.25, 0.3) is 33.5 Å². The topological polar surface area (TPSA) is 9.86 Å². The number of aryl methyl sites for hydroxylation is 1. The van der Waals surface area contributed by atoms with E-state index in [0.29, 0.717) is 12.1 Å². The molecule has 3 heterocycles. The maximum Gasteiger partial charge on any atom is 0.416 e. The van der Waals surface area contributed by atoms with Crippen molar-refractivity contribution < 1.29 is 17.6 Å². The van der Waals surface area contributed by atoms with Crippen LogP contribution in [0.15, 0.2) is 84.9 Å². The number of alkyl halides is 3. The van der Waals surface area contributed by atoms with Gasteiger partial charge in [-0.2, -0.15) is 13.2 Å². The lowest BCUT2D eigenvalue weighted by molar-refractivity contribution is -0.137. The molecule has 0 amide bonds. The second kappa shape index (κ2) is 7.62. The first kappa shape index (κ1) is 20.8. The van der Waals surface area contributed by atoms with E-state index in [9.17, 15) is 17.6 Å². The summed E-state index contributed by atoms with van der Waals surface area (Å²) in [4.78, 5) is 0. The fraction of sp³-hybridized carbons (Fsp3) is 0.143. The Morgan fingerprint density at radius 2 is 1.47 bits per heavy atom. The van der Waals surface area contributed by atoms with Crippen molar-refractivity contribution in [1.82, 2.24) is 9.13 Å². The maximum absolute atomic E-state index is 14.6. The molecule has 0 N–H and O–H groups in total. The summed E-state index contributed by atoms with van der Waals surface area (Å²) in [6.07, 6.45) is -3.57. The van der Waals surface area contributed by atoms with Gasteiger partial charge in [0.25, 0.3) is 0 Å². The highest BCUT2D eigenvalue weighted by atomic mass is 19.4. The van der Waals surface area contributed by atoms with Gasteiger partial charge < -0.3 is 9.13 Å². The van der Waals surface area contributed by atoms with Crippen molar-refractivity contribution in [1.29, 1.82) is 0 Å². The van der Waals surface area contributed by atoms with Gasteiger partial charge in [-0.15, -0.1) is 0 Å². The van der Waals surface area contributed by atoms with Crippen LogP contribution >= 0.6 is 0 Å². The third-order valence-corrected chi connectivity index (χ3v) is 6.66. The smallest absolute Gasteiger partial charge is 0.339 e. The van der Waals surface area contributed by atoms with Crippen molar-refractivity contribution in [3.63, 3.8) is 0 Å². The van der Waals surface area contributed by atoms with E-state index in [1.54, 1.807) is 12.1 Å². The highest BCUT2D eigenvalue weighted by Crippen LogP contribution is 2.41. The summed E-state index contributed by atoms with van der Waals surface area (Å²) >= 11 is 0. The zero-order valence-electron chi connectivity index (χ0n) is 18.1. The molecule has 3 aromatic carbocycles. The molecule has 34 heavy (non-hydrogen) atoms. The molecule has 0 atom stereocenters. The molecule has 6 heteroatoms. The number of hydrogen-bond donors (Lipinski definition) is 0. The van der Waals surface area contributed by atoms with Crippen LogP contribution in [0.1, 0.15) is 16.7 Å². The number of fused-ring (bicyclic) bond motifs is 5. The van der Waals surface area contributed by atoms with Crippen LogP contribution in [-0.2, 0) is 25.7 Å². The molecule has 0 saturated heterocycles. The Hall–Kier alpha value is -3.80. The third kappa shape index (κ3) is 3.24. The second-order valence-corrected chi connectivity index (χ2v) is 8.61. The molecular formula is C28H20F4N2. The van der Waals surface area contributed by atoms with Gasteiger partial charge in [0.05, 0.1) is 22.6 Å². The molecule has 0 unspecified atom stereocenters. The molecule has 170 valence electrons. The van der Waals surface area contributed by atoms with Gasteiger partial charge in [0, 0.05) is 29.6 Å². The van der Waals surface area contributed by atoms with Crippen molar-refractivity contribution in [2.45, 2.75) is 25.7 Å². The number of aromatic nitrogens is 2. The first-order valence-corrected chi connectivity index (χ1v) is 11.1. The predicted molar refractivity (Wildman–Crippen MR) is 125 cm³/mol. The van der Waals surface area contributed by atoms with Crippen LogP contribution in [0, 0.1) is 5.82 Å². The van der Waals surface area contributed by atoms with E-state index in [0.717, 1.165) is 58.6 Å².